The Kier molecular flexibility index (Phi) is 44.3. The van der Waals surface area contributed by atoms with Crippen LogP contribution in [-0.4, -0.2) is 74.3 Å². The van der Waals surface area contributed by atoms with Crippen LogP contribution in [0.4, 0.5) is 0 Å². The van der Waals surface area contributed by atoms with Crippen LogP contribution in [0.25, 0.3) is 0 Å². The zero-order valence-corrected chi connectivity index (χ0v) is 44.1. The first-order valence-electron chi connectivity index (χ1n) is 27.0. The van der Waals surface area contributed by atoms with E-state index in [2.05, 4.69) is 62.5 Å². The van der Waals surface area contributed by atoms with Crippen LogP contribution in [0.2, 0.25) is 0 Å². The van der Waals surface area contributed by atoms with Crippen LogP contribution in [0, 0.1) is 0 Å². The van der Waals surface area contributed by atoms with Gasteiger partial charge in [-0.1, -0.05) is 211 Å². The zero-order valence-electron chi connectivity index (χ0n) is 43.2. The van der Waals surface area contributed by atoms with Crippen LogP contribution in [0.15, 0.2) is 48.6 Å². The number of carbonyl (C=O) groups is 2. The van der Waals surface area contributed by atoms with E-state index in [9.17, 15) is 19.0 Å². The van der Waals surface area contributed by atoms with Gasteiger partial charge in [-0.3, -0.25) is 18.6 Å². The molecule has 0 bridgehead atoms. The minimum atomic E-state index is -4.44. The molecule has 10 heteroatoms. The highest BCUT2D eigenvalue weighted by molar-refractivity contribution is 7.47. The number of rotatable bonds is 48. The summed E-state index contributed by atoms with van der Waals surface area (Å²) in [6, 6.07) is -0.850. The lowest BCUT2D eigenvalue weighted by molar-refractivity contribution is -0.870. The molecule has 0 aliphatic carbocycles. The molecule has 65 heavy (non-hydrogen) atoms. The van der Waals surface area contributed by atoms with Gasteiger partial charge in [0.15, 0.2) is 0 Å². The molecule has 0 aliphatic heterocycles. The second kappa shape index (κ2) is 45.7. The first kappa shape index (κ1) is 63.0. The third-order valence-electron chi connectivity index (χ3n) is 11.8. The van der Waals surface area contributed by atoms with E-state index >= 15 is 0 Å². The summed E-state index contributed by atoms with van der Waals surface area (Å²) in [6.07, 6.45) is 53.8. The topological polar surface area (TPSA) is 111 Å². The Morgan fingerprint density at radius 1 is 0.554 bits per heavy atom. The lowest BCUT2D eigenvalue weighted by Crippen LogP contribution is -2.47. The largest absolute Gasteiger partial charge is 0.472 e. The molecule has 3 atom stereocenters. The number of nitrogens with one attached hydrogen (secondary N) is 1. The number of esters is 1. The summed E-state index contributed by atoms with van der Waals surface area (Å²) in [6.45, 7) is 6.88. The number of quaternary nitrogens is 1. The molecule has 0 heterocycles. The monoisotopic (exact) mass is 936 g/mol. The molecule has 1 amide bonds. The van der Waals surface area contributed by atoms with Gasteiger partial charge in [0.1, 0.15) is 19.3 Å². The lowest BCUT2D eigenvalue weighted by atomic mass is 10.0. The van der Waals surface area contributed by atoms with Crippen molar-refractivity contribution in [2.45, 2.75) is 251 Å². The van der Waals surface area contributed by atoms with Crippen molar-refractivity contribution in [2.24, 2.45) is 0 Å². The lowest BCUT2D eigenvalue weighted by Gasteiger charge is -2.27. The number of unbranched alkanes of at least 4 members (excludes halogenated alkanes) is 26. The smallest absolute Gasteiger partial charge is 0.456 e. The number of hydrogen-bond acceptors (Lipinski definition) is 6. The molecule has 0 saturated carbocycles. The van der Waals surface area contributed by atoms with E-state index in [0.29, 0.717) is 23.9 Å². The van der Waals surface area contributed by atoms with E-state index < -0.39 is 20.0 Å². The number of phosphoric acid groups is 1. The van der Waals surface area contributed by atoms with Gasteiger partial charge < -0.3 is 19.4 Å². The molecule has 0 aliphatic rings. The van der Waals surface area contributed by atoms with E-state index in [0.717, 1.165) is 89.9 Å². The molecule has 0 rings (SSSR count). The predicted octanol–water partition coefficient (Wildman–Crippen LogP) is 15.8. The van der Waals surface area contributed by atoms with Gasteiger partial charge in [-0.15, -0.1) is 0 Å². The van der Waals surface area contributed by atoms with Crippen molar-refractivity contribution in [1.82, 2.24) is 5.32 Å². The first-order valence-corrected chi connectivity index (χ1v) is 28.5. The molecule has 0 aromatic heterocycles. The van der Waals surface area contributed by atoms with Crippen molar-refractivity contribution in [3.05, 3.63) is 48.6 Å². The maximum Gasteiger partial charge on any atom is 0.472 e. The highest BCUT2D eigenvalue weighted by atomic mass is 31.2. The summed E-state index contributed by atoms with van der Waals surface area (Å²) in [5.41, 5.74) is 0. The van der Waals surface area contributed by atoms with E-state index in [1.807, 2.05) is 33.3 Å². The zero-order chi connectivity index (χ0) is 48.0. The number of phosphoric ester groups is 1. The summed E-state index contributed by atoms with van der Waals surface area (Å²) in [7, 11) is 1.49. The standard InChI is InChI=1S/C55H103N2O7P/c1-7-10-13-16-19-22-25-27-28-29-30-33-35-38-41-44-47-54(58)56-52(51-63-65(60,61)62-50-49-57(4,5)6)53(46-43-40-37-34-32-26-23-20-17-14-11-8-2)64-55(59)48-45-42-39-36-31-24-21-18-15-12-9-3/h10,13,19,22,27-28,43,46,52-53H,7-9,11-12,14-18,20-21,23-26,29-42,44-45,47-51H2,1-6H3,(H-,56,58,60,61)/p+1/b13-10+,22-19+,28-27+,46-43-. The van der Waals surface area contributed by atoms with Gasteiger partial charge >= 0.3 is 13.8 Å². The van der Waals surface area contributed by atoms with Gasteiger partial charge in [-0.25, -0.2) is 4.57 Å². The SMILES string of the molecule is CC/C=C/C/C=C/C/C=C/CCCCCCCCC(=O)NC(COP(=O)(O)OCC[N+](C)(C)C)C(/C=C\CCCCCCCCCCCC)OC(=O)CCCCCCCCCCCCC. The average molecular weight is 936 g/mol. The van der Waals surface area contributed by atoms with Crippen molar-refractivity contribution in [2.75, 3.05) is 40.9 Å². The van der Waals surface area contributed by atoms with Crippen molar-refractivity contribution in [1.29, 1.82) is 0 Å². The molecule has 3 unspecified atom stereocenters. The molecule has 0 fully saturated rings. The predicted molar refractivity (Wildman–Crippen MR) is 277 cm³/mol. The molecular weight excluding hydrogens is 832 g/mol. The third kappa shape index (κ3) is 46.9. The highest BCUT2D eigenvalue weighted by Gasteiger charge is 2.30. The fraction of sp³-hybridized carbons (Fsp3) is 0.818. The number of ether oxygens (including phenoxy) is 1. The fourth-order valence-corrected chi connectivity index (χ4v) is 8.34. The summed E-state index contributed by atoms with van der Waals surface area (Å²) in [4.78, 5) is 37.4. The van der Waals surface area contributed by atoms with Crippen molar-refractivity contribution in [3.63, 3.8) is 0 Å². The summed E-state index contributed by atoms with van der Waals surface area (Å²) >= 11 is 0. The van der Waals surface area contributed by atoms with Gasteiger partial charge in [-0.2, -0.15) is 0 Å². The van der Waals surface area contributed by atoms with E-state index in [1.165, 1.54) is 116 Å². The van der Waals surface area contributed by atoms with Gasteiger partial charge in [-0.05, 0) is 63.9 Å². The maximum atomic E-state index is 13.4. The second-order valence-electron chi connectivity index (χ2n) is 19.4. The Hall–Kier alpha value is -2.03. The number of likely N-dealkylation sites (N-methyl/N-ethyl adjacent to an activating group) is 1. The molecule has 0 aromatic carbocycles. The number of amides is 1. The molecule has 0 saturated heterocycles. The molecule has 0 spiro atoms. The van der Waals surface area contributed by atoms with Crippen LogP contribution >= 0.6 is 7.82 Å². The second-order valence-corrected chi connectivity index (χ2v) is 20.8. The van der Waals surface area contributed by atoms with E-state index in [4.69, 9.17) is 13.8 Å². The fourth-order valence-electron chi connectivity index (χ4n) is 7.60. The third-order valence-corrected chi connectivity index (χ3v) is 12.8. The van der Waals surface area contributed by atoms with Crippen molar-refractivity contribution < 1.29 is 37.3 Å². The molecule has 0 aromatic rings. The number of allylic oxidation sites excluding steroid dienone is 7. The molecule has 2 N–H and O–H groups in total. The number of nitrogens with zero attached hydrogens (tertiary/aromatic N) is 1. The quantitative estimate of drug-likeness (QED) is 0.0205. The number of hydrogen-bond donors (Lipinski definition) is 2. The summed E-state index contributed by atoms with van der Waals surface area (Å²) in [5, 5.41) is 3.03. The van der Waals surface area contributed by atoms with Crippen molar-refractivity contribution in [3.8, 4) is 0 Å². The van der Waals surface area contributed by atoms with Gasteiger partial charge in [0, 0.05) is 12.8 Å². The molecular formula is C55H104N2O7P+. The molecule has 9 nitrogen and oxygen atoms in total. The maximum absolute atomic E-state index is 13.4. The van der Waals surface area contributed by atoms with Gasteiger partial charge in [0.2, 0.25) is 5.91 Å². The van der Waals surface area contributed by atoms with Gasteiger partial charge in [0.05, 0.1) is 33.8 Å². The highest BCUT2D eigenvalue weighted by Crippen LogP contribution is 2.43. The normalized spacial score (nSPS) is 14.3. The Labute approximate surface area is 401 Å². The van der Waals surface area contributed by atoms with Crippen LogP contribution in [-0.2, 0) is 27.9 Å². The Bertz CT molecular complexity index is 1260. The van der Waals surface area contributed by atoms with E-state index in [-0.39, 0.29) is 25.1 Å². The summed E-state index contributed by atoms with van der Waals surface area (Å²) in [5.74, 6) is -0.518. The Morgan fingerprint density at radius 2 is 0.985 bits per heavy atom. The van der Waals surface area contributed by atoms with Crippen LogP contribution in [0.3, 0.4) is 0 Å². The Morgan fingerprint density at radius 3 is 1.48 bits per heavy atom. The van der Waals surface area contributed by atoms with Crippen molar-refractivity contribution >= 4 is 19.7 Å². The summed E-state index contributed by atoms with van der Waals surface area (Å²) < 4.78 is 30.5. The first-order chi connectivity index (χ1) is 31.4. The van der Waals surface area contributed by atoms with Gasteiger partial charge in [0.25, 0.3) is 0 Å². The average Bonchev–Trinajstić information content (AvgIpc) is 3.26. The molecule has 380 valence electrons. The minimum Gasteiger partial charge on any atom is -0.456 e. The van der Waals surface area contributed by atoms with Crippen LogP contribution in [0.1, 0.15) is 239 Å². The minimum absolute atomic E-state index is 0.0379. The van der Waals surface area contributed by atoms with Crippen LogP contribution < -0.4 is 5.32 Å². The van der Waals surface area contributed by atoms with Crippen LogP contribution in [0.5, 0.6) is 0 Å². The Balaban J connectivity index is 5.40. The number of carbonyl (C=O) groups excluding carboxylic acids is 2. The molecule has 0 radical (unpaired) electrons. The van der Waals surface area contributed by atoms with E-state index in [1.54, 1.807) is 0 Å².